The minimum atomic E-state index is 1.09. The first-order valence-corrected chi connectivity index (χ1v) is 23.0. The summed E-state index contributed by atoms with van der Waals surface area (Å²) in [6.07, 6.45) is 0. The number of hydrogen-bond donors (Lipinski definition) is 0. The molecule has 2 aromatic heterocycles. The first-order chi connectivity index (χ1) is 31.2. The molecule has 3 heteroatoms. The van der Waals surface area contributed by atoms with Crippen molar-refractivity contribution in [2.45, 2.75) is 0 Å². The van der Waals surface area contributed by atoms with Crippen molar-refractivity contribution in [1.82, 2.24) is 0 Å². The van der Waals surface area contributed by atoms with Gasteiger partial charge in [-0.2, -0.15) is 0 Å². The molecule has 0 aliphatic heterocycles. The second-order valence-corrected chi connectivity index (χ2v) is 18.1. The Kier molecular flexibility index (Phi) is 9.29. The van der Waals surface area contributed by atoms with Crippen LogP contribution in [0, 0.1) is 0 Å². The lowest BCUT2D eigenvalue weighted by Gasteiger charge is -2.30. The zero-order chi connectivity index (χ0) is 41.7. The fourth-order valence-electron chi connectivity index (χ4n) is 9.34. The molecule has 2 heterocycles. The lowest BCUT2D eigenvalue weighted by atomic mass is 9.87. The molecule has 0 fully saturated rings. The van der Waals surface area contributed by atoms with Gasteiger partial charge in [-0.1, -0.05) is 188 Å². The zero-order valence-corrected chi connectivity index (χ0v) is 35.9. The van der Waals surface area contributed by atoms with E-state index < -0.39 is 0 Å². The van der Waals surface area contributed by atoms with Gasteiger partial charge in [-0.15, -0.1) is 22.7 Å². The predicted molar refractivity (Wildman–Crippen MR) is 274 cm³/mol. The maximum absolute atomic E-state index is 2.45. The summed E-state index contributed by atoms with van der Waals surface area (Å²) in [7, 11) is 0. The lowest BCUT2D eigenvalue weighted by molar-refractivity contribution is 1.28. The van der Waals surface area contributed by atoms with E-state index in [4.69, 9.17) is 0 Å². The molecule has 0 saturated heterocycles. The van der Waals surface area contributed by atoms with Crippen molar-refractivity contribution < 1.29 is 0 Å². The Morgan fingerprint density at radius 3 is 1.46 bits per heavy atom. The van der Waals surface area contributed by atoms with Crippen LogP contribution in [0.2, 0.25) is 0 Å². The zero-order valence-electron chi connectivity index (χ0n) is 34.3. The van der Waals surface area contributed by atoms with Crippen molar-refractivity contribution in [3.8, 4) is 55.6 Å². The Labute approximate surface area is 375 Å². The second-order valence-electron chi connectivity index (χ2n) is 16.0. The quantitative estimate of drug-likeness (QED) is 0.147. The van der Waals surface area contributed by atoms with Crippen molar-refractivity contribution in [2.75, 3.05) is 4.90 Å². The smallest absolute Gasteiger partial charge is 0.0546 e. The summed E-state index contributed by atoms with van der Waals surface area (Å²) >= 11 is 3.74. The number of anilines is 3. The summed E-state index contributed by atoms with van der Waals surface area (Å²) < 4.78 is 5.27. The van der Waals surface area contributed by atoms with E-state index in [1.54, 1.807) is 0 Å². The summed E-state index contributed by atoms with van der Waals surface area (Å²) in [6, 6.07) is 86.7. The highest BCUT2D eigenvalue weighted by Gasteiger charge is 2.23. The van der Waals surface area contributed by atoms with E-state index in [1.165, 1.54) is 96.0 Å². The molecule has 0 radical (unpaired) electrons. The maximum atomic E-state index is 2.45. The highest BCUT2D eigenvalue weighted by molar-refractivity contribution is 7.26. The largest absolute Gasteiger partial charge is 0.310 e. The second kappa shape index (κ2) is 15.7. The Bertz CT molecular complexity index is 3600. The van der Waals surface area contributed by atoms with Gasteiger partial charge in [0.15, 0.2) is 0 Å². The van der Waals surface area contributed by atoms with Gasteiger partial charge < -0.3 is 4.90 Å². The van der Waals surface area contributed by atoms with E-state index in [2.05, 4.69) is 241 Å². The molecule has 0 unspecified atom stereocenters. The van der Waals surface area contributed by atoms with Crippen LogP contribution in [0.1, 0.15) is 0 Å². The molecule has 1 nitrogen and oxygen atoms in total. The first-order valence-electron chi connectivity index (χ1n) is 21.4. The van der Waals surface area contributed by atoms with Crippen molar-refractivity contribution in [3.63, 3.8) is 0 Å². The van der Waals surface area contributed by atoms with Crippen LogP contribution in [0.3, 0.4) is 0 Å². The Balaban J connectivity index is 1.04. The molecule has 10 aromatic carbocycles. The molecule has 0 bridgehead atoms. The number of nitrogens with zero attached hydrogens (tertiary/aromatic N) is 1. The maximum Gasteiger partial charge on any atom is 0.0546 e. The van der Waals surface area contributed by atoms with Gasteiger partial charge in [0.1, 0.15) is 0 Å². The molecule has 0 aliphatic carbocycles. The number of fused-ring (bicyclic) bond motifs is 6. The molecule has 0 amide bonds. The van der Waals surface area contributed by atoms with Gasteiger partial charge in [-0.25, -0.2) is 0 Å². The molecule has 0 aliphatic rings. The minimum Gasteiger partial charge on any atom is -0.310 e. The molecule has 0 saturated carbocycles. The van der Waals surface area contributed by atoms with E-state index in [9.17, 15) is 0 Å². The van der Waals surface area contributed by atoms with Crippen LogP contribution in [0.4, 0.5) is 17.1 Å². The Morgan fingerprint density at radius 1 is 0.270 bits per heavy atom. The molecule has 12 aromatic rings. The van der Waals surface area contributed by atoms with Gasteiger partial charge in [0, 0.05) is 57.3 Å². The summed E-state index contributed by atoms with van der Waals surface area (Å²) in [6.45, 7) is 0. The van der Waals surface area contributed by atoms with E-state index >= 15 is 0 Å². The van der Waals surface area contributed by atoms with Crippen LogP contribution in [0.15, 0.2) is 237 Å². The van der Waals surface area contributed by atoms with Crippen LogP contribution in [-0.2, 0) is 0 Å². The van der Waals surface area contributed by atoms with E-state index in [-0.39, 0.29) is 0 Å². The topological polar surface area (TPSA) is 3.24 Å². The van der Waals surface area contributed by atoms with Crippen LogP contribution < -0.4 is 4.90 Å². The SMILES string of the molecule is c1ccc(-c2ccccc2-c2c(-c3ccccc3)cccc2N(c2ccc(-c3ccc4c(c3)sc3ccccc34)cc2)c2ccc(-c3cccc4c3sc3ccccc34)cc2)cc1. The number of rotatable bonds is 8. The molecule has 0 N–H and O–H groups in total. The third-order valence-electron chi connectivity index (χ3n) is 12.3. The molecular weight excluding hydrogens is 799 g/mol. The fourth-order valence-corrected chi connectivity index (χ4v) is 11.7. The third kappa shape index (κ3) is 6.61. The number of thiophene rings is 2. The number of hydrogen-bond acceptors (Lipinski definition) is 3. The van der Waals surface area contributed by atoms with Crippen LogP contribution >= 0.6 is 22.7 Å². The average Bonchev–Trinajstić information content (AvgIpc) is 3.93. The molecular formula is C60H39NS2. The van der Waals surface area contributed by atoms with Crippen LogP contribution in [0.25, 0.3) is 96.0 Å². The molecule has 296 valence electrons. The fraction of sp³-hybridized carbons (Fsp3) is 0. The van der Waals surface area contributed by atoms with Crippen LogP contribution in [-0.4, -0.2) is 0 Å². The summed E-state index contributed by atoms with van der Waals surface area (Å²) in [4.78, 5) is 2.45. The Hall–Kier alpha value is -7.56. The highest BCUT2D eigenvalue weighted by atomic mass is 32.1. The molecule has 12 rings (SSSR count). The monoisotopic (exact) mass is 837 g/mol. The van der Waals surface area contributed by atoms with Crippen molar-refractivity contribution >= 4 is 80.1 Å². The molecule has 63 heavy (non-hydrogen) atoms. The lowest BCUT2D eigenvalue weighted by Crippen LogP contribution is -2.12. The Morgan fingerprint density at radius 2 is 0.746 bits per heavy atom. The molecule has 0 spiro atoms. The standard InChI is InChI=1S/C60H39NS2/c1-3-15-41(16-4-1)47-19-7-8-22-53(47)59-48(42-17-5-2-6-18-42)23-14-26-55(59)61(45-34-29-40(30-35-45)44-33-38-52-50-20-9-11-27-56(50)62-58(52)39-44)46-36-31-43(32-37-46)49-24-13-25-54-51-21-10-12-28-57(51)63-60(49)54/h1-39H. The van der Waals surface area contributed by atoms with Gasteiger partial charge in [0.2, 0.25) is 0 Å². The van der Waals surface area contributed by atoms with E-state index in [0.717, 1.165) is 17.1 Å². The molecule has 0 atom stereocenters. The van der Waals surface area contributed by atoms with Gasteiger partial charge in [0.25, 0.3) is 0 Å². The van der Waals surface area contributed by atoms with Gasteiger partial charge in [-0.05, 0) is 98.6 Å². The van der Waals surface area contributed by atoms with E-state index in [1.807, 2.05) is 22.7 Å². The van der Waals surface area contributed by atoms with E-state index in [0.29, 0.717) is 0 Å². The van der Waals surface area contributed by atoms with Crippen molar-refractivity contribution in [1.29, 1.82) is 0 Å². The minimum absolute atomic E-state index is 1.09. The third-order valence-corrected chi connectivity index (χ3v) is 14.7. The van der Waals surface area contributed by atoms with Gasteiger partial charge in [-0.3, -0.25) is 0 Å². The van der Waals surface area contributed by atoms with Gasteiger partial charge in [0.05, 0.1) is 5.69 Å². The van der Waals surface area contributed by atoms with Crippen molar-refractivity contribution in [3.05, 3.63) is 237 Å². The highest BCUT2D eigenvalue weighted by Crippen LogP contribution is 2.49. The first kappa shape index (κ1) is 37.2. The van der Waals surface area contributed by atoms with Gasteiger partial charge >= 0.3 is 0 Å². The number of benzene rings is 10. The van der Waals surface area contributed by atoms with Crippen LogP contribution in [0.5, 0.6) is 0 Å². The van der Waals surface area contributed by atoms with Crippen molar-refractivity contribution in [2.24, 2.45) is 0 Å². The average molecular weight is 838 g/mol. The summed E-state index contributed by atoms with van der Waals surface area (Å²) in [5, 5.41) is 5.26. The summed E-state index contributed by atoms with van der Waals surface area (Å²) in [5.41, 5.74) is 15.3. The summed E-state index contributed by atoms with van der Waals surface area (Å²) in [5.74, 6) is 0. The normalized spacial score (nSPS) is 11.5. The predicted octanol–water partition coefficient (Wildman–Crippen LogP) is 18.2.